The molecule has 0 aromatic carbocycles. The number of piperidine rings is 1. The van der Waals surface area contributed by atoms with E-state index in [9.17, 15) is 13.2 Å². The highest BCUT2D eigenvalue weighted by Gasteiger charge is 2.27. The van der Waals surface area contributed by atoms with Crippen LogP contribution in [-0.4, -0.2) is 53.4 Å². The number of carbonyl (C=O) groups is 1. The van der Waals surface area contributed by atoms with Crippen molar-refractivity contribution in [2.24, 2.45) is 5.92 Å². The minimum absolute atomic E-state index is 0.0399. The largest absolute Gasteiger partial charge is 0.338 e. The Kier molecular flexibility index (Phi) is 5.40. The maximum atomic E-state index is 12.4. The Morgan fingerprint density at radius 3 is 2.76 bits per heavy atom. The second-order valence-electron chi connectivity index (χ2n) is 5.96. The predicted octanol–water partition coefficient (Wildman–Crippen LogP) is 1.07. The number of nitrogens with zero attached hydrogens (tertiary/aromatic N) is 4. The van der Waals surface area contributed by atoms with Crippen LogP contribution in [0.2, 0.25) is 0 Å². The van der Waals surface area contributed by atoms with E-state index in [2.05, 4.69) is 19.3 Å². The fraction of sp³-hybridized carbons (Fsp3) is 0.467. The number of amides is 1. The topological polar surface area (TPSA) is 105 Å². The molecule has 2 aromatic heterocycles. The highest BCUT2D eigenvalue weighted by molar-refractivity contribution is 7.89. The van der Waals surface area contributed by atoms with Crippen molar-refractivity contribution in [3.05, 3.63) is 35.1 Å². The summed E-state index contributed by atoms with van der Waals surface area (Å²) in [6, 6.07) is 3.11. The molecule has 3 heterocycles. The lowest BCUT2D eigenvalue weighted by molar-refractivity contribution is 0.0696. The number of aromatic nitrogens is 3. The van der Waals surface area contributed by atoms with Crippen LogP contribution in [0.1, 0.15) is 28.2 Å². The lowest BCUT2D eigenvalue weighted by atomic mass is 9.97. The van der Waals surface area contributed by atoms with Crippen molar-refractivity contribution in [1.29, 1.82) is 0 Å². The smallest absolute Gasteiger partial charge is 0.267 e. The van der Waals surface area contributed by atoms with E-state index in [-0.39, 0.29) is 16.7 Å². The monoisotopic (exact) mass is 381 g/mol. The van der Waals surface area contributed by atoms with Gasteiger partial charge in [-0.15, -0.1) is 5.10 Å². The lowest BCUT2D eigenvalue weighted by Gasteiger charge is -2.31. The summed E-state index contributed by atoms with van der Waals surface area (Å²) in [5.74, 6) is 0.165. The van der Waals surface area contributed by atoms with Crippen molar-refractivity contribution in [3.8, 4) is 0 Å². The zero-order valence-corrected chi connectivity index (χ0v) is 15.4. The first-order chi connectivity index (χ1) is 12.0. The summed E-state index contributed by atoms with van der Waals surface area (Å²) in [7, 11) is -3.54. The standard InChI is InChI=1S/C15H19N5O3S2/c1-11-14(24-19-18-11)15(21)20-7-4-12(5-8-20)9-17-25(22,23)13-3-2-6-16-10-13/h2-3,6,10,12,17H,4-5,7-9H2,1H3. The van der Waals surface area contributed by atoms with Gasteiger partial charge in [0.2, 0.25) is 10.0 Å². The minimum atomic E-state index is -3.54. The van der Waals surface area contributed by atoms with Gasteiger partial charge in [0.25, 0.3) is 5.91 Å². The molecule has 25 heavy (non-hydrogen) atoms. The van der Waals surface area contributed by atoms with Crippen molar-refractivity contribution in [2.45, 2.75) is 24.7 Å². The van der Waals surface area contributed by atoms with Gasteiger partial charge < -0.3 is 4.90 Å². The molecular weight excluding hydrogens is 362 g/mol. The van der Waals surface area contributed by atoms with Gasteiger partial charge in [0.15, 0.2) is 0 Å². The van der Waals surface area contributed by atoms with Crippen LogP contribution in [0.25, 0.3) is 0 Å². The lowest BCUT2D eigenvalue weighted by Crippen LogP contribution is -2.41. The van der Waals surface area contributed by atoms with Crippen LogP contribution in [0.15, 0.2) is 29.4 Å². The predicted molar refractivity (Wildman–Crippen MR) is 92.7 cm³/mol. The van der Waals surface area contributed by atoms with Crippen molar-refractivity contribution in [2.75, 3.05) is 19.6 Å². The first kappa shape index (κ1) is 17.9. The van der Waals surface area contributed by atoms with Crippen molar-refractivity contribution in [1.82, 2.24) is 24.2 Å². The van der Waals surface area contributed by atoms with Crippen LogP contribution >= 0.6 is 11.5 Å². The molecule has 0 bridgehead atoms. The molecule has 1 amide bonds. The molecule has 0 atom stereocenters. The summed E-state index contributed by atoms with van der Waals surface area (Å²) < 4.78 is 30.9. The van der Waals surface area contributed by atoms with E-state index in [4.69, 9.17) is 0 Å². The fourth-order valence-corrected chi connectivity index (χ4v) is 4.43. The van der Waals surface area contributed by atoms with Gasteiger partial charge in [-0.3, -0.25) is 9.78 Å². The molecule has 1 N–H and O–H groups in total. The zero-order valence-electron chi connectivity index (χ0n) is 13.8. The molecule has 2 aromatic rings. The van der Waals surface area contributed by atoms with E-state index in [1.165, 1.54) is 18.5 Å². The van der Waals surface area contributed by atoms with E-state index in [1.807, 2.05) is 0 Å². The highest BCUT2D eigenvalue weighted by atomic mass is 32.2. The van der Waals surface area contributed by atoms with Crippen LogP contribution in [-0.2, 0) is 10.0 Å². The molecule has 1 aliphatic heterocycles. The van der Waals surface area contributed by atoms with Gasteiger partial charge in [-0.25, -0.2) is 13.1 Å². The van der Waals surface area contributed by atoms with Gasteiger partial charge in [-0.1, -0.05) is 4.49 Å². The van der Waals surface area contributed by atoms with Crippen LogP contribution in [0, 0.1) is 12.8 Å². The molecular formula is C15H19N5O3S2. The summed E-state index contributed by atoms with van der Waals surface area (Å²) in [4.78, 5) is 18.8. The number of hydrogen-bond acceptors (Lipinski definition) is 7. The number of hydrogen-bond donors (Lipinski definition) is 1. The van der Waals surface area contributed by atoms with Crippen molar-refractivity contribution < 1.29 is 13.2 Å². The highest BCUT2D eigenvalue weighted by Crippen LogP contribution is 2.21. The Hall–Kier alpha value is -1.91. The normalized spacial score (nSPS) is 16.1. The molecule has 1 aliphatic rings. The quantitative estimate of drug-likeness (QED) is 0.831. The van der Waals surface area contributed by atoms with Gasteiger partial charge in [0, 0.05) is 32.0 Å². The molecule has 0 saturated carbocycles. The SMILES string of the molecule is Cc1nnsc1C(=O)N1CCC(CNS(=O)(=O)c2cccnc2)CC1. The number of aryl methyl sites for hydroxylation is 1. The molecule has 3 rings (SSSR count). The maximum Gasteiger partial charge on any atom is 0.267 e. The van der Waals surface area contributed by atoms with Gasteiger partial charge >= 0.3 is 0 Å². The first-order valence-electron chi connectivity index (χ1n) is 7.95. The summed E-state index contributed by atoms with van der Waals surface area (Å²) in [6.45, 7) is 3.35. The Labute approximate surface area is 150 Å². The zero-order chi connectivity index (χ0) is 17.9. The summed E-state index contributed by atoms with van der Waals surface area (Å²) in [5, 5.41) is 3.87. The third-order valence-corrected chi connectivity index (χ3v) is 6.48. The van der Waals surface area contributed by atoms with Crippen LogP contribution in [0.3, 0.4) is 0 Å². The number of pyridine rings is 1. The molecule has 0 radical (unpaired) electrons. The van der Waals surface area contributed by atoms with Gasteiger partial charge in [0.1, 0.15) is 9.77 Å². The third kappa shape index (κ3) is 4.20. The number of rotatable bonds is 5. The van der Waals surface area contributed by atoms with E-state index in [0.717, 1.165) is 24.4 Å². The van der Waals surface area contributed by atoms with Crippen molar-refractivity contribution >= 4 is 27.5 Å². The average Bonchev–Trinajstić information content (AvgIpc) is 3.06. The Morgan fingerprint density at radius 1 is 1.40 bits per heavy atom. The van der Waals surface area contributed by atoms with Crippen LogP contribution in [0.4, 0.5) is 0 Å². The number of likely N-dealkylation sites (tertiary alicyclic amines) is 1. The van der Waals surface area contributed by atoms with Crippen LogP contribution in [0.5, 0.6) is 0 Å². The fourth-order valence-electron chi connectivity index (χ4n) is 2.73. The number of nitrogens with one attached hydrogen (secondary N) is 1. The molecule has 8 nitrogen and oxygen atoms in total. The molecule has 0 spiro atoms. The van der Waals surface area contributed by atoms with Gasteiger partial charge in [-0.05, 0) is 49.3 Å². The van der Waals surface area contributed by atoms with Gasteiger partial charge in [0.05, 0.1) is 5.69 Å². The molecule has 1 saturated heterocycles. The number of sulfonamides is 1. The second kappa shape index (κ2) is 7.54. The molecule has 10 heteroatoms. The third-order valence-electron chi connectivity index (χ3n) is 4.25. The summed E-state index contributed by atoms with van der Waals surface area (Å²) >= 11 is 1.11. The summed E-state index contributed by atoms with van der Waals surface area (Å²) in [6.07, 6.45) is 4.38. The summed E-state index contributed by atoms with van der Waals surface area (Å²) in [5.41, 5.74) is 0.654. The second-order valence-corrected chi connectivity index (χ2v) is 8.48. The molecule has 134 valence electrons. The molecule has 1 fully saturated rings. The van der Waals surface area contributed by atoms with Gasteiger partial charge in [-0.2, -0.15) is 0 Å². The average molecular weight is 381 g/mol. The van der Waals surface area contributed by atoms with Crippen molar-refractivity contribution in [3.63, 3.8) is 0 Å². The van der Waals surface area contributed by atoms with Crippen LogP contribution < -0.4 is 4.72 Å². The Bertz CT molecular complexity index is 830. The van der Waals surface area contributed by atoms with E-state index < -0.39 is 10.0 Å². The Morgan fingerprint density at radius 2 is 2.16 bits per heavy atom. The first-order valence-corrected chi connectivity index (χ1v) is 10.2. The maximum absolute atomic E-state index is 12.4. The Balaban J connectivity index is 1.52. The van der Waals surface area contributed by atoms with E-state index in [0.29, 0.717) is 30.2 Å². The molecule has 0 aliphatic carbocycles. The number of carbonyl (C=O) groups excluding carboxylic acids is 1. The van der Waals surface area contributed by atoms with E-state index >= 15 is 0 Å². The minimum Gasteiger partial charge on any atom is -0.338 e. The molecule has 0 unspecified atom stereocenters. The van der Waals surface area contributed by atoms with E-state index in [1.54, 1.807) is 17.9 Å².